The lowest BCUT2D eigenvalue weighted by Gasteiger charge is -2.05. The monoisotopic (exact) mass is 313 g/mol. The van der Waals surface area contributed by atoms with E-state index in [0.29, 0.717) is 6.54 Å². The molecule has 0 aliphatic heterocycles. The van der Waals surface area contributed by atoms with Crippen molar-refractivity contribution in [2.24, 2.45) is 5.73 Å². The van der Waals surface area contributed by atoms with Crippen molar-refractivity contribution in [3.63, 3.8) is 0 Å². The summed E-state index contributed by atoms with van der Waals surface area (Å²) in [5.74, 6) is 0. The highest BCUT2D eigenvalue weighted by molar-refractivity contribution is 9.10. The molecule has 0 atom stereocenters. The highest BCUT2D eigenvalue weighted by Gasteiger charge is 2.03. The van der Waals surface area contributed by atoms with Crippen LogP contribution in [0.15, 0.2) is 35.2 Å². The summed E-state index contributed by atoms with van der Waals surface area (Å²) in [5.41, 5.74) is 7.58. The predicted molar refractivity (Wildman–Crippen MR) is 73.2 cm³/mol. The van der Waals surface area contributed by atoms with Gasteiger partial charge in [-0.3, -0.25) is 0 Å². The molecule has 0 saturated carbocycles. The van der Waals surface area contributed by atoms with Crippen LogP contribution in [0, 0.1) is 0 Å². The minimum atomic E-state index is 0.621. The number of nitrogens with zero attached hydrogens (tertiary/aromatic N) is 2. The van der Waals surface area contributed by atoms with Crippen LogP contribution in [0.4, 0.5) is 0 Å². The molecule has 5 heteroatoms. The van der Waals surface area contributed by atoms with E-state index in [1.807, 2.05) is 35.3 Å². The standard InChI is InChI=1S/C12H13BrClN3/c13-10-2-1-9(12(14)5-10)6-17-7-11(3-4-15)16-8-17/h1-2,5,7-8H,3-4,6,15H2. The summed E-state index contributed by atoms with van der Waals surface area (Å²) in [5, 5.41) is 0.758. The average Bonchev–Trinajstić information content (AvgIpc) is 2.71. The number of imidazole rings is 1. The van der Waals surface area contributed by atoms with Crippen molar-refractivity contribution in [2.45, 2.75) is 13.0 Å². The van der Waals surface area contributed by atoms with E-state index in [-0.39, 0.29) is 0 Å². The number of hydrogen-bond donors (Lipinski definition) is 1. The van der Waals surface area contributed by atoms with Gasteiger partial charge in [-0.1, -0.05) is 33.6 Å². The molecular weight excluding hydrogens is 302 g/mol. The van der Waals surface area contributed by atoms with E-state index in [9.17, 15) is 0 Å². The number of nitrogens with two attached hydrogens (primary N) is 1. The maximum atomic E-state index is 6.16. The SMILES string of the molecule is NCCc1cn(Cc2ccc(Br)cc2Cl)cn1. The highest BCUT2D eigenvalue weighted by atomic mass is 79.9. The van der Waals surface area contributed by atoms with Crippen LogP contribution in [-0.4, -0.2) is 16.1 Å². The molecule has 0 fully saturated rings. The van der Waals surface area contributed by atoms with Gasteiger partial charge in [-0.05, 0) is 24.2 Å². The molecule has 0 bridgehead atoms. The Labute approximate surface area is 114 Å². The summed E-state index contributed by atoms with van der Waals surface area (Å²) in [6, 6.07) is 5.89. The van der Waals surface area contributed by atoms with E-state index in [2.05, 4.69) is 20.9 Å². The Hall–Kier alpha value is -0.840. The Bertz CT molecular complexity index is 510. The van der Waals surface area contributed by atoms with Gasteiger partial charge >= 0.3 is 0 Å². The molecular formula is C12H13BrClN3. The molecule has 2 aromatic rings. The highest BCUT2D eigenvalue weighted by Crippen LogP contribution is 2.22. The number of hydrogen-bond acceptors (Lipinski definition) is 2. The van der Waals surface area contributed by atoms with Crippen molar-refractivity contribution in [3.8, 4) is 0 Å². The van der Waals surface area contributed by atoms with E-state index in [0.717, 1.165) is 33.7 Å². The summed E-state index contributed by atoms with van der Waals surface area (Å²) < 4.78 is 3.00. The molecule has 0 saturated heterocycles. The number of benzene rings is 1. The molecule has 90 valence electrons. The Morgan fingerprint density at radius 1 is 1.41 bits per heavy atom. The minimum Gasteiger partial charge on any atom is -0.333 e. The van der Waals surface area contributed by atoms with Crippen molar-refractivity contribution < 1.29 is 0 Å². The second-order valence-corrected chi connectivity index (χ2v) is 5.13. The Morgan fingerprint density at radius 3 is 2.94 bits per heavy atom. The number of aromatic nitrogens is 2. The molecule has 1 aromatic carbocycles. The van der Waals surface area contributed by atoms with Crippen molar-refractivity contribution in [1.29, 1.82) is 0 Å². The molecule has 2 rings (SSSR count). The number of halogens is 2. The summed E-state index contributed by atoms with van der Waals surface area (Å²) >= 11 is 9.55. The van der Waals surface area contributed by atoms with E-state index < -0.39 is 0 Å². The van der Waals surface area contributed by atoms with Crippen LogP contribution in [0.3, 0.4) is 0 Å². The lowest BCUT2D eigenvalue weighted by atomic mass is 10.2. The summed E-state index contributed by atoms with van der Waals surface area (Å²) in [7, 11) is 0. The van der Waals surface area contributed by atoms with Crippen LogP contribution < -0.4 is 5.73 Å². The molecule has 0 aliphatic rings. The molecule has 1 heterocycles. The first-order valence-corrected chi connectivity index (χ1v) is 6.51. The fourth-order valence-electron chi connectivity index (χ4n) is 1.62. The molecule has 17 heavy (non-hydrogen) atoms. The van der Waals surface area contributed by atoms with E-state index in [4.69, 9.17) is 17.3 Å². The Balaban J connectivity index is 2.13. The molecule has 3 nitrogen and oxygen atoms in total. The third-order valence-corrected chi connectivity index (χ3v) is 3.30. The fraction of sp³-hybridized carbons (Fsp3) is 0.250. The van der Waals surface area contributed by atoms with Gasteiger partial charge in [0.05, 0.1) is 12.0 Å². The van der Waals surface area contributed by atoms with Crippen LogP contribution in [0.1, 0.15) is 11.3 Å². The summed E-state index contributed by atoms with van der Waals surface area (Å²) in [6.45, 7) is 1.35. The molecule has 0 amide bonds. The van der Waals surface area contributed by atoms with Gasteiger partial charge in [0.25, 0.3) is 0 Å². The quantitative estimate of drug-likeness (QED) is 0.943. The van der Waals surface area contributed by atoms with E-state index >= 15 is 0 Å². The first-order chi connectivity index (χ1) is 8.19. The summed E-state index contributed by atoms with van der Waals surface area (Å²) in [4.78, 5) is 4.28. The van der Waals surface area contributed by atoms with Crippen LogP contribution in [-0.2, 0) is 13.0 Å². The van der Waals surface area contributed by atoms with Gasteiger partial charge in [-0.15, -0.1) is 0 Å². The molecule has 0 unspecified atom stereocenters. The first-order valence-electron chi connectivity index (χ1n) is 5.33. The minimum absolute atomic E-state index is 0.621. The van der Waals surface area contributed by atoms with Gasteiger partial charge in [-0.2, -0.15) is 0 Å². The van der Waals surface area contributed by atoms with Crippen molar-refractivity contribution in [1.82, 2.24) is 9.55 Å². The maximum Gasteiger partial charge on any atom is 0.0952 e. The van der Waals surface area contributed by atoms with Crippen LogP contribution >= 0.6 is 27.5 Å². The van der Waals surface area contributed by atoms with Gasteiger partial charge in [0.15, 0.2) is 0 Å². The third-order valence-electron chi connectivity index (χ3n) is 2.46. The van der Waals surface area contributed by atoms with Crippen molar-refractivity contribution in [2.75, 3.05) is 6.54 Å². The smallest absolute Gasteiger partial charge is 0.0952 e. The molecule has 0 spiro atoms. The first kappa shape index (κ1) is 12.6. The van der Waals surface area contributed by atoms with E-state index in [1.54, 1.807) is 0 Å². The van der Waals surface area contributed by atoms with Crippen LogP contribution in [0.25, 0.3) is 0 Å². The molecule has 0 aliphatic carbocycles. The molecule has 2 N–H and O–H groups in total. The van der Waals surface area contributed by atoms with Crippen LogP contribution in [0.5, 0.6) is 0 Å². The van der Waals surface area contributed by atoms with Gasteiger partial charge < -0.3 is 10.3 Å². The predicted octanol–water partition coefficient (Wildman–Crippen LogP) is 2.85. The van der Waals surface area contributed by atoms with Gasteiger partial charge in [0.2, 0.25) is 0 Å². The van der Waals surface area contributed by atoms with Crippen molar-refractivity contribution >= 4 is 27.5 Å². The zero-order valence-corrected chi connectivity index (χ0v) is 11.6. The molecule has 1 aromatic heterocycles. The second-order valence-electron chi connectivity index (χ2n) is 3.81. The molecule has 0 radical (unpaired) electrons. The Kier molecular flexibility index (Phi) is 4.20. The topological polar surface area (TPSA) is 43.8 Å². The van der Waals surface area contributed by atoms with Crippen molar-refractivity contribution in [3.05, 3.63) is 51.5 Å². The fourth-order valence-corrected chi connectivity index (χ4v) is 2.35. The summed E-state index contributed by atoms with van der Waals surface area (Å²) in [6.07, 6.45) is 4.62. The lowest BCUT2D eigenvalue weighted by molar-refractivity contribution is 0.795. The second kappa shape index (κ2) is 5.67. The Morgan fingerprint density at radius 2 is 2.24 bits per heavy atom. The lowest BCUT2D eigenvalue weighted by Crippen LogP contribution is -2.03. The largest absolute Gasteiger partial charge is 0.333 e. The van der Waals surface area contributed by atoms with Gasteiger partial charge in [0, 0.05) is 28.7 Å². The van der Waals surface area contributed by atoms with E-state index in [1.165, 1.54) is 0 Å². The zero-order chi connectivity index (χ0) is 12.3. The maximum absolute atomic E-state index is 6.16. The zero-order valence-electron chi connectivity index (χ0n) is 9.24. The van der Waals surface area contributed by atoms with Crippen LogP contribution in [0.2, 0.25) is 5.02 Å². The van der Waals surface area contributed by atoms with Gasteiger partial charge in [-0.25, -0.2) is 4.98 Å². The average molecular weight is 315 g/mol. The van der Waals surface area contributed by atoms with Gasteiger partial charge in [0.1, 0.15) is 0 Å². The number of rotatable bonds is 4. The normalized spacial score (nSPS) is 10.8. The third kappa shape index (κ3) is 3.31.